The number of nitro benzene ring substituents is 1. The molecule has 1 N–H and O–H groups in total. The lowest BCUT2D eigenvalue weighted by Gasteiger charge is -2.08. The Balaban J connectivity index is 2.18. The minimum absolute atomic E-state index is 0.189. The van der Waals surface area contributed by atoms with Crippen LogP contribution in [0.1, 0.15) is 5.56 Å². The molecular weight excluding hydrogens is 319 g/mol. The van der Waals surface area contributed by atoms with Crippen molar-refractivity contribution < 1.29 is 9.31 Å². The Labute approximate surface area is 116 Å². The Morgan fingerprint density at radius 1 is 1.58 bits per heavy atom. The quantitative estimate of drug-likeness (QED) is 0.691. The molecule has 19 heavy (non-hydrogen) atoms. The van der Waals surface area contributed by atoms with Crippen LogP contribution in [0.2, 0.25) is 0 Å². The van der Waals surface area contributed by atoms with E-state index in [1.54, 1.807) is 24.1 Å². The highest BCUT2D eigenvalue weighted by molar-refractivity contribution is 9.10. The molecule has 2 rings (SSSR count). The first kappa shape index (κ1) is 13.5. The van der Waals surface area contributed by atoms with Crippen LogP contribution in [-0.2, 0) is 13.6 Å². The summed E-state index contributed by atoms with van der Waals surface area (Å²) < 4.78 is 15.7. The molecule has 0 fully saturated rings. The summed E-state index contributed by atoms with van der Waals surface area (Å²) in [6.07, 6.45) is 3.45. The SMILES string of the molecule is Cn1cc(CNc2c(F)cc([N+](=O)[O-])cc2Br)cn1. The summed E-state index contributed by atoms with van der Waals surface area (Å²) in [5.74, 6) is -0.676. The van der Waals surface area contributed by atoms with Crippen LogP contribution in [0.15, 0.2) is 29.0 Å². The molecule has 0 aliphatic heterocycles. The lowest BCUT2D eigenvalue weighted by molar-refractivity contribution is -0.385. The van der Waals surface area contributed by atoms with Gasteiger partial charge in [-0.3, -0.25) is 14.8 Å². The fourth-order valence-electron chi connectivity index (χ4n) is 1.59. The molecule has 0 saturated carbocycles. The van der Waals surface area contributed by atoms with Crippen LogP contribution in [-0.4, -0.2) is 14.7 Å². The molecule has 1 aromatic carbocycles. The molecular formula is C11H10BrFN4O2. The van der Waals surface area contributed by atoms with Crippen LogP contribution in [0.3, 0.4) is 0 Å². The van der Waals surface area contributed by atoms with Crippen molar-refractivity contribution in [2.75, 3.05) is 5.32 Å². The highest BCUT2D eigenvalue weighted by Gasteiger charge is 2.15. The molecule has 8 heteroatoms. The van der Waals surface area contributed by atoms with Gasteiger partial charge in [-0.2, -0.15) is 5.10 Å². The Morgan fingerprint density at radius 3 is 2.84 bits per heavy atom. The van der Waals surface area contributed by atoms with Crippen molar-refractivity contribution in [3.8, 4) is 0 Å². The number of nitrogens with zero attached hydrogens (tertiary/aromatic N) is 3. The fourth-order valence-corrected chi connectivity index (χ4v) is 2.15. The van der Waals surface area contributed by atoms with E-state index in [4.69, 9.17) is 0 Å². The van der Waals surface area contributed by atoms with Gasteiger partial charge in [-0.1, -0.05) is 0 Å². The molecule has 0 unspecified atom stereocenters. The maximum Gasteiger partial charge on any atom is 0.273 e. The van der Waals surface area contributed by atoms with E-state index < -0.39 is 10.7 Å². The third kappa shape index (κ3) is 3.08. The number of hydrogen-bond acceptors (Lipinski definition) is 4. The van der Waals surface area contributed by atoms with E-state index >= 15 is 0 Å². The van der Waals surface area contributed by atoms with Crippen LogP contribution >= 0.6 is 15.9 Å². The molecule has 0 bridgehead atoms. The molecule has 0 aliphatic rings. The second kappa shape index (κ2) is 5.35. The lowest BCUT2D eigenvalue weighted by atomic mass is 10.2. The molecule has 0 atom stereocenters. The molecule has 0 aliphatic carbocycles. The van der Waals surface area contributed by atoms with E-state index in [1.165, 1.54) is 6.07 Å². The second-order valence-corrected chi connectivity index (χ2v) is 4.77. The molecule has 1 aromatic heterocycles. The zero-order valence-corrected chi connectivity index (χ0v) is 11.5. The first-order valence-corrected chi connectivity index (χ1v) is 6.11. The monoisotopic (exact) mass is 328 g/mol. The first-order valence-electron chi connectivity index (χ1n) is 5.32. The predicted octanol–water partition coefficient (Wildman–Crippen LogP) is 2.84. The minimum Gasteiger partial charge on any atom is -0.378 e. The summed E-state index contributed by atoms with van der Waals surface area (Å²) in [7, 11) is 1.78. The van der Waals surface area contributed by atoms with E-state index in [2.05, 4.69) is 26.3 Å². The largest absolute Gasteiger partial charge is 0.378 e. The smallest absolute Gasteiger partial charge is 0.273 e. The van der Waals surface area contributed by atoms with Gasteiger partial charge in [0.05, 0.1) is 27.3 Å². The topological polar surface area (TPSA) is 73.0 Å². The average molecular weight is 329 g/mol. The van der Waals surface area contributed by atoms with Gasteiger partial charge in [0.25, 0.3) is 5.69 Å². The number of nitro groups is 1. The molecule has 6 nitrogen and oxygen atoms in total. The van der Waals surface area contributed by atoms with E-state index in [1.807, 2.05) is 0 Å². The van der Waals surface area contributed by atoms with Crippen LogP contribution in [0.4, 0.5) is 15.8 Å². The molecule has 1 heterocycles. The zero-order chi connectivity index (χ0) is 14.0. The number of hydrogen-bond donors (Lipinski definition) is 1. The summed E-state index contributed by atoms with van der Waals surface area (Å²) in [5, 5.41) is 17.5. The van der Waals surface area contributed by atoms with Gasteiger partial charge >= 0.3 is 0 Å². The van der Waals surface area contributed by atoms with Crippen molar-refractivity contribution in [1.82, 2.24) is 9.78 Å². The van der Waals surface area contributed by atoms with Gasteiger partial charge in [0, 0.05) is 31.4 Å². The standard InChI is InChI=1S/C11H10BrFN4O2/c1-16-6-7(5-15-16)4-14-11-9(12)2-8(17(18)19)3-10(11)13/h2-3,5-6,14H,4H2,1H3. The van der Waals surface area contributed by atoms with E-state index in [-0.39, 0.29) is 11.4 Å². The van der Waals surface area contributed by atoms with Crippen LogP contribution in [0, 0.1) is 15.9 Å². The number of nitrogens with one attached hydrogen (secondary N) is 1. The molecule has 2 aromatic rings. The molecule has 0 spiro atoms. The Hall–Kier alpha value is -1.96. The van der Waals surface area contributed by atoms with Gasteiger partial charge < -0.3 is 5.32 Å². The van der Waals surface area contributed by atoms with Crippen molar-refractivity contribution in [3.63, 3.8) is 0 Å². The fraction of sp³-hybridized carbons (Fsp3) is 0.182. The van der Waals surface area contributed by atoms with Crippen LogP contribution in [0.25, 0.3) is 0 Å². The number of non-ortho nitro benzene ring substituents is 1. The Bertz CT molecular complexity index is 606. The van der Waals surface area contributed by atoms with Gasteiger partial charge in [-0.05, 0) is 15.9 Å². The summed E-state index contributed by atoms with van der Waals surface area (Å²) >= 11 is 3.12. The molecule has 100 valence electrons. The zero-order valence-electron chi connectivity index (χ0n) is 9.93. The third-order valence-electron chi connectivity index (χ3n) is 2.47. The third-order valence-corrected chi connectivity index (χ3v) is 3.09. The summed E-state index contributed by atoms with van der Waals surface area (Å²) in [5.41, 5.74) is 0.776. The maximum absolute atomic E-state index is 13.8. The van der Waals surface area contributed by atoms with Crippen LogP contribution in [0.5, 0.6) is 0 Å². The lowest BCUT2D eigenvalue weighted by Crippen LogP contribution is -2.02. The van der Waals surface area contributed by atoms with Crippen molar-refractivity contribution in [1.29, 1.82) is 0 Å². The van der Waals surface area contributed by atoms with Gasteiger partial charge in [0.15, 0.2) is 5.82 Å². The van der Waals surface area contributed by atoms with Crippen LogP contribution < -0.4 is 5.32 Å². The normalized spacial score (nSPS) is 10.5. The molecule has 0 amide bonds. The minimum atomic E-state index is -0.676. The van der Waals surface area contributed by atoms with Gasteiger partial charge in [-0.15, -0.1) is 0 Å². The van der Waals surface area contributed by atoms with E-state index in [9.17, 15) is 14.5 Å². The number of aromatic nitrogens is 2. The summed E-state index contributed by atoms with van der Waals surface area (Å²) in [6, 6.07) is 2.14. The second-order valence-electron chi connectivity index (χ2n) is 3.92. The highest BCUT2D eigenvalue weighted by Crippen LogP contribution is 2.30. The number of aryl methyl sites for hydroxylation is 1. The van der Waals surface area contributed by atoms with E-state index in [0.29, 0.717) is 11.0 Å². The van der Waals surface area contributed by atoms with E-state index in [0.717, 1.165) is 11.6 Å². The number of halogens is 2. The summed E-state index contributed by atoms with van der Waals surface area (Å²) in [6.45, 7) is 0.376. The molecule has 0 saturated heterocycles. The van der Waals surface area contributed by atoms with Gasteiger partial charge in [0.1, 0.15) is 0 Å². The van der Waals surface area contributed by atoms with Gasteiger partial charge in [0.2, 0.25) is 0 Å². The number of benzene rings is 1. The van der Waals surface area contributed by atoms with Crippen molar-refractivity contribution >= 4 is 27.3 Å². The average Bonchev–Trinajstić information content (AvgIpc) is 2.73. The Morgan fingerprint density at radius 2 is 2.32 bits per heavy atom. The van der Waals surface area contributed by atoms with Crippen molar-refractivity contribution in [2.24, 2.45) is 7.05 Å². The first-order chi connectivity index (χ1) is 8.97. The summed E-state index contributed by atoms with van der Waals surface area (Å²) in [4.78, 5) is 9.95. The highest BCUT2D eigenvalue weighted by atomic mass is 79.9. The predicted molar refractivity (Wildman–Crippen MR) is 71.3 cm³/mol. The molecule has 0 radical (unpaired) electrons. The Kier molecular flexibility index (Phi) is 3.79. The van der Waals surface area contributed by atoms with Crippen molar-refractivity contribution in [3.05, 3.63) is 50.5 Å². The van der Waals surface area contributed by atoms with Gasteiger partial charge in [-0.25, -0.2) is 4.39 Å². The maximum atomic E-state index is 13.8. The van der Waals surface area contributed by atoms with Crippen molar-refractivity contribution in [2.45, 2.75) is 6.54 Å². The number of rotatable bonds is 4. The number of anilines is 1.